The van der Waals surface area contributed by atoms with Crippen LogP contribution in [0.15, 0.2) is 12.5 Å². The first-order chi connectivity index (χ1) is 8.08. The minimum absolute atomic E-state index is 0.258. The molecule has 8 heteroatoms. The molecule has 0 aliphatic rings. The number of nitrogens with zero attached hydrogens (tertiary/aromatic N) is 5. The van der Waals surface area contributed by atoms with E-state index in [0.29, 0.717) is 17.2 Å². The first kappa shape index (κ1) is 11.1. The van der Waals surface area contributed by atoms with Gasteiger partial charge in [0.15, 0.2) is 5.82 Å². The molecule has 2 rings (SSSR count). The van der Waals surface area contributed by atoms with Crippen molar-refractivity contribution in [3.05, 3.63) is 23.9 Å². The van der Waals surface area contributed by atoms with Crippen LogP contribution in [0.25, 0.3) is 0 Å². The summed E-state index contributed by atoms with van der Waals surface area (Å²) in [6.45, 7) is 0.258. The number of hydrogen-bond acceptors (Lipinski definition) is 5. The molecule has 0 saturated heterocycles. The molecule has 0 unspecified atom stereocenters. The van der Waals surface area contributed by atoms with Gasteiger partial charge in [0.2, 0.25) is 0 Å². The minimum Gasteiger partial charge on any atom is -0.383 e. The van der Waals surface area contributed by atoms with Crippen molar-refractivity contribution in [1.82, 2.24) is 29.9 Å². The highest BCUT2D eigenvalue weighted by Crippen LogP contribution is 2.08. The van der Waals surface area contributed by atoms with E-state index in [1.54, 1.807) is 25.1 Å². The number of carbonyl (C=O) groups is 1. The summed E-state index contributed by atoms with van der Waals surface area (Å²) in [5, 5.41) is 10.6. The molecule has 0 bridgehead atoms. The molecule has 2 aromatic heterocycles. The van der Waals surface area contributed by atoms with Gasteiger partial charge in [0.25, 0.3) is 5.91 Å². The van der Waals surface area contributed by atoms with Gasteiger partial charge in [-0.1, -0.05) is 0 Å². The number of nitrogens with one attached hydrogen (secondary N) is 1. The quantitative estimate of drug-likeness (QED) is 0.714. The number of anilines is 1. The molecule has 0 spiro atoms. The Labute approximate surface area is 97.4 Å². The van der Waals surface area contributed by atoms with Crippen LogP contribution in [0.4, 0.5) is 5.82 Å². The molecule has 0 aliphatic carbocycles. The second kappa shape index (κ2) is 4.24. The van der Waals surface area contributed by atoms with Gasteiger partial charge in [0.05, 0.1) is 12.7 Å². The van der Waals surface area contributed by atoms with E-state index < -0.39 is 0 Å². The van der Waals surface area contributed by atoms with E-state index >= 15 is 0 Å². The Morgan fingerprint density at radius 2 is 2.29 bits per heavy atom. The summed E-state index contributed by atoms with van der Waals surface area (Å²) in [6.07, 6.45) is 3.00. The summed E-state index contributed by atoms with van der Waals surface area (Å²) < 4.78 is 3.01. The third-order valence-electron chi connectivity index (χ3n) is 2.28. The zero-order valence-corrected chi connectivity index (χ0v) is 9.58. The Morgan fingerprint density at radius 1 is 1.53 bits per heavy atom. The van der Waals surface area contributed by atoms with Gasteiger partial charge in [0, 0.05) is 14.1 Å². The smallest absolute Gasteiger partial charge is 0.257 e. The van der Waals surface area contributed by atoms with Crippen LogP contribution in [0.5, 0.6) is 0 Å². The maximum Gasteiger partial charge on any atom is 0.257 e. The Balaban J connectivity index is 2.00. The summed E-state index contributed by atoms with van der Waals surface area (Å²) >= 11 is 0. The van der Waals surface area contributed by atoms with Gasteiger partial charge in [-0.25, -0.2) is 4.98 Å². The normalized spacial score (nSPS) is 10.5. The standard InChI is InChI=1S/C9H13N7O/c1-15-5-12-7(14-15)4-11-9(17)6-3-13-16(2)8(6)10/h3,5H,4,10H2,1-2H3,(H,11,17). The van der Waals surface area contributed by atoms with Gasteiger partial charge in [-0.15, -0.1) is 0 Å². The van der Waals surface area contributed by atoms with E-state index in [9.17, 15) is 4.79 Å². The van der Waals surface area contributed by atoms with Crippen LogP contribution in [0.1, 0.15) is 16.2 Å². The Bertz CT molecular complexity index is 541. The Hall–Kier alpha value is -2.38. The van der Waals surface area contributed by atoms with Crippen molar-refractivity contribution in [2.24, 2.45) is 14.1 Å². The number of hydrogen-bond donors (Lipinski definition) is 2. The fraction of sp³-hybridized carbons (Fsp3) is 0.333. The molecule has 17 heavy (non-hydrogen) atoms. The highest BCUT2D eigenvalue weighted by atomic mass is 16.1. The maximum absolute atomic E-state index is 11.8. The number of amides is 1. The predicted molar refractivity (Wildman–Crippen MR) is 59.8 cm³/mol. The number of aryl methyl sites for hydroxylation is 2. The van der Waals surface area contributed by atoms with E-state index in [0.717, 1.165) is 0 Å². The molecule has 3 N–H and O–H groups in total. The molecule has 0 radical (unpaired) electrons. The van der Waals surface area contributed by atoms with Crippen molar-refractivity contribution in [2.45, 2.75) is 6.54 Å². The van der Waals surface area contributed by atoms with Gasteiger partial charge >= 0.3 is 0 Å². The van der Waals surface area contributed by atoms with E-state index in [4.69, 9.17) is 5.73 Å². The third-order valence-corrected chi connectivity index (χ3v) is 2.28. The summed E-state index contributed by atoms with van der Waals surface area (Å²) in [5.74, 6) is 0.586. The molecule has 1 amide bonds. The lowest BCUT2D eigenvalue weighted by Crippen LogP contribution is -2.24. The fourth-order valence-electron chi connectivity index (χ4n) is 1.34. The highest BCUT2D eigenvalue weighted by molar-refractivity contribution is 5.98. The van der Waals surface area contributed by atoms with Crippen LogP contribution in [0, 0.1) is 0 Å². The number of rotatable bonds is 3. The van der Waals surface area contributed by atoms with E-state index in [1.807, 2.05) is 0 Å². The van der Waals surface area contributed by atoms with Crippen molar-refractivity contribution >= 4 is 11.7 Å². The van der Waals surface area contributed by atoms with Gasteiger partial charge in [0.1, 0.15) is 17.7 Å². The topological polar surface area (TPSA) is 104 Å². The Kier molecular flexibility index (Phi) is 2.77. The second-order valence-corrected chi connectivity index (χ2v) is 3.58. The van der Waals surface area contributed by atoms with E-state index in [2.05, 4.69) is 20.5 Å². The monoisotopic (exact) mass is 235 g/mol. The first-order valence-corrected chi connectivity index (χ1v) is 4.98. The number of aromatic nitrogens is 5. The average Bonchev–Trinajstić information content (AvgIpc) is 2.84. The van der Waals surface area contributed by atoms with Crippen LogP contribution in [-0.2, 0) is 20.6 Å². The van der Waals surface area contributed by atoms with Crippen LogP contribution in [-0.4, -0.2) is 30.5 Å². The Morgan fingerprint density at radius 3 is 2.82 bits per heavy atom. The lowest BCUT2D eigenvalue weighted by atomic mass is 10.3. The molecule has 0 saturated carbocycles. The van der Waals surface area contributed by atoms with Crippen molar-refractivity contribution < 1.29 is 4.79 Å². The average molecular weight is 235 g/mol. The van der Waals surface area contributed by atoms with Crippen molar-refractivity contribution in [3.8, 4) is 0 Å². The molecule has 8 nitrogen and oxygen atoms in total. The van der Waals surface area contributed by atoms with Crippen molar-refractivity contribution in [1.29, 1.82) is 0 Å². The van der Waals surface area contributed by atoms with Crippen LogP contribution in [0.2, 0.25) is 0 Å². The largest absolute Gasteiger partial charge is 0.383 e. The van der Waals surface area contributed by atoms with Gasteiger partial charge < -0.3 is 11.1 Å². The van der Waals surface area contributed by atoms with E-state index in [-0.39, 0.29) is 12.5 Å². The lowest BCUT2D eigenvalue weighted by molar-refractivity contribution is 0.0950. The summed E-state index contributed by atoms with van der Waals surface area (Å²) in [4.78, 5) is 15.7. The van der Waals surface area contributed by atoms with Crippen LogP contribution >= 0.6 is 0 Å². The zero-order valence-electron chi connectivity index (χ0n) is 9.58. The molecule has 0 aliphatic heterocycles. The molecule has 0 fully saturated rings. The number of nitrogens with two attached hydrogens (primary N) is 1. The number of nitrogen functional groups attached to an aromatic ring is 1. The SMILES string of the molecule is Cn1cnc(CNC(=O)c2cnn(C)c2N)n1. The summed E-state index contributed by atoms with van der Waals surface area (Å²) in [6, 6.07) is 0. The molecule has 2 aromatic rings. The van der Waals surface area contributed by atoms with Crippen molar-refractivity contribution in [3.63, 3.8) is 0 Å². The van der Waals surface area contributed by atoms with Crippen molar-refractivity contribution in [2.75, 3.05) is 5.73 Å². The predicted octanol–water partition coefficient (Wildman–Crippen LogP) is -0.939. The van der Waals surface area contributed by atoms with Gasteiger partial charge in [-0.05, 0) is 0 Å². The molecule has 0 atom stereocenters. The molecule has 0 aromatic carbocycles. The molecular formula is C9H13N7O. The molecular weight excluding hydrogens is 222 g/mol. The number of carbonyl (C=O) groups excluding carboxylic acids is 1. The highest BCUT2D eigenvalue weighted by Gasteiger charge is 2.13. The molecule has 90 valence electrons. The zero-order chi connectivity index (χ0) is 12.4. The fourth-order valence-corrected chi connectivity index (χ4v) is 1.34. The maximum atomic E-state index is 11.8. The summed E-state index contributed by atoms with van der Waals surface area (Å²) in [5.41, 5.74) is 6.03. The third kappa shape index (κ3) is 2.25. The van der Waals surface area contributed by atoms with Gasteiger partial charge in [-0.2, -0.15) is 10.2 Å². The molecule has 2 heterocycles. The van der Waals surface area contributed by atoms with Crippen LogP contribution < -0.4 is 11.1 Å². The second-order valence-electron chi connectivity index (χ2n) is 3.58. The lowest BCUT2D eigenvalue weighted by Gasteiger charge is -2.01. The van der Waals surface area contributed by atoms with Crippen LogP contribution in [0.3, 0.4) is 0 Å². The summed E-state index contributed by atoms with van der Waals surface area (Å²) in [7, 11) is 3.43. The minimum atomic E-state index is -0.289. The van der Waals surface area contributed by atoms with E-state index in [1.165, 1.54) is 10.9 Å². The van der Waals surface area contributed by atoms with Gasteiger partial charge in [-0.3, -0.25) is 14.2 Å². The first-order valence-electron chi connectivity index (χ1n) is 4.98.